The maximum Gasteiger partial charge on any atom is 0.266 e. The number of carbonyl (C=O) groups is 2. The summed E-state index contributed by atoms with van der Waals surface area (Å²) in [4.78, 5) is 27.6. The zero-order valence-corrected chi connectivity index (χ0v) is 15.5. The first-order valence-electron chi connectivity index (χ1n) is 9.11. The Morgan fingerprint density at radius 2 is 2.11 bits per heavy atom. The Kier molecular flexibility index (Phi) is 4.89. The fourth-order valence-corrected chi connectivity index (χ4v) is 3.30. The van der Waals surface area contributed by atoms with Gasteiger partial charge in [-0.1, -0.05) is 12.1 Å². The summed E-state index contributed by atoms with van der Waals surface area (Å²) in [6, 6.07) is 13.0. The molecule has 0 spiro atoms. The lowest BCUT2D eigenvalue weighted by molar-refractivity contribution is -0.130. The molecule has 1 aliphatic rings. The third-order valence-electron chi connectivity index (χ3n) is 4.77. The Morgan fingerprint density at radius 1 is 1.25 bits per heavy atom. The highest BCUT2D eigenvalue weighted by molar-refractivity contribution is 5.99. The molecular weight excluding hydrogens is 358 g/mol. The smallest absolute Gasteiger partial charge is 0.266 e. The number of ether oxygens (including phenoxy) is 2. The van der Waals surface area contributed by atoms with E-state index >= 15 is 0 Å². The van der Waals surface area contributed by atoms with Gasteiger partial charge in [0.05, 0.1) is 19.2 Å². The molecule has 7 nitrogen and oxygen atoms in total. The van der Waals surface area contributed by atoms with Gasteiger partial charge in [0.2, 0.25) is 5.91 Å². The Hall–Kier alpha value is -3.48. The minimum atomic E-state index is -0.827. The van der Waals surface area contributed by atoms with E-state index in [4.69, 9.17) is 9.47 Å². The van der Waals surface area contributed by atoms with Crippen molar-refractivity contribution in [3.05, 3.63) is 54.2 Å². The number of hydrogen-bond donors (Lipinski definition) is 3. The molecule has 0 bridgehead atoms. The first-order valence-corrected chi connectivity index (χ1v) is 9.11. The molecule has 2 amide bonds. The van der Waals surface area contributed by atoms with Gasteiger partial charge in [-0.25, -0.2) is 0 Å². The van der Waals surface area contributed by atoms with Gasteiger partial charge in [0.15, 0.2) is 6.10 Å². The number of para-hydroxylation sites is 2. The van der Waals surface area contributed by atoms with E-state index in [9.17, 15) is 9.59 Å². The van der Waals surface area contributed by atoms with Crippen molar-refractivity contribution in [3.63, 3.8) is 0 Å². The van der Waals surface area contributed by atoms with E-state index in [-0.39, 0.29) is 18.2 Å². The summed E-state index contributed by atoms with van der Waals surface area (Å²) >= 11 is 0. The molecule has 28 heavy (non-hydrogen) atoms. The van der Waals surface area contributed by atoms with Crippen LogP contribution in [-0.2, 0) is 16.0 Å². The molecule has 144 valence electrons. The molecule has 7 heteroatoms. The van der Waals surface area contributed by atoms with E-state index in [1.165, 1.54) is 0 Å². The molecule has 0 unspecified atom stereocenters. The average Bonchev–Trinajstić information content (AvgIpc) is 3.10. The SMILES string of the molecule is COc1ccc2[nH]cc(CCNC(=O)C[C@@H]3Oc4ccccc4NC3=O)c2c1. The van der Waals surface area contributed by atoms with Gasteiger partial charge in [-0.2, -0.15) is 0 Å². The van der Waals surface area contributed by atoms with Crippen molar-refractivity contribution in [2.45, 2.75) is 18.9 Å². The van der Waals surface area contributed by atoms with Crippen LogP contribution in [0.3, 0.4) is 0 Å². The lowest BCUT2D eigenvalue weighted by atomic mass is 10.1. The monoisotopic (exact) mass is 379 g/mol. The second kappa shape index (κ2) is 7.64. The predicted octanol–water partition coefficient (Wildman–Crippen LogP) is 2.62. The van der Waals surface area contributed by atoms with Crippen molar-refractivity contribution in [1.29, 1.82) is 0 Å². The number of hydrogen-bond acceptors (Lipinski definition) is 4. The molecule has 4 rings (SSSR count). The Morgan fingerprint density at radius 3 is 2.96 bits per heavy atom. The lowest BCUT2D eigenvalue weighted by Gasteiger charge is -2.25. The van der Waals surface area contributed by atoms with Gasteiger partial charge in [0.25, 0.3) is 5.91 Å². The van der Waals surface area contributed by atoms with Crippen LogP contribution in [0.2, 0.25) is 0 Å². The minimum absolute atomic E-state index is 0.0259. The van der Waals surface area contributed by atoms with E-state index in [0.717, 1.165) is 22.2 Å². The maximum absolute atomic E-state index is 12.3. The van der Waals surface area contributed by atoms with E-state index in [1.807, 2.05) is 36.5 Å². The second-order valence-electron chi connectivity index (χ2n) is 6.62. The highest BCUT2D eigenvalue weighted by atomic mass is 16.5. The number of anilines is 1. The van der Waals surface area contributed by atoms with Crippen LogP contribution in [0.25, 0.3) is 10.9 Å². The molecule has 0 saturated carbocycles. The summed E-state index contributed by atoms with van der Waals surface area (Å²) in [5.74, 6) is 0.834. The van der Waals surface area contributed by atoms with Gasteiger partial charge >= 0.3 is 0 Å². The number of aromatic amines is 1. The van der Waals surface area contributed by atoms with E-state index in [2.05, 4.69) is 15.6 Å². The molecule has 3 N–H and O–H groups in total. The van der Waals surface area contributed by atoms with Crippen molar-refractivity contribution < 1.29 is 19.1 Å². The van der Waals surface area contributed by atoms with Gasteiger partial charge < -0.3 is 25.1 Å². The van der Waals surface area contributed by atoms with Crippen LogP contribution in [0.1, 0.15) is 12.0 Å². The molecule has 0 aliphatic carbocycles. The first-order chi connectivity index (χ1) is 13.6. The second-order valence-corrected chi connectivity index (χ2v) is 6.62. The number of rotatable bonds is 6. The molecule has 2 aromatic carbocycles. The Balaban J connectivity index is 1.32. The quantitative estimate of drug-likeness (QED) is 0.614. The zero-order valence-electron chi connectivity index (χ0n) is 15.5. The Labute approximate surface area is 162 Å². The highest BCUT2D eigenvalue weighted by Crippen LogP contribution is 2.29. The molecule has 1 aromatic heterocycles. The Bertz CT molecular complexity index is 1030. The topological polar surface area (TPSA) is 92.4 Å². The van der Waals surface area contributed by atoms with Crippen molar-refractivity contribution in [2.75, 3.05) is 19.0 Å². The minimum Gasteiger partial charge on any atom is -0.497 e. The first kappa shape index (κ1) is 17.9. The molecule has 0 radical (unpaired) electrons. The van der Waals surface area contributed by atoms with Crippen LogP contribution in [0.4, 0.5) is 5.69 Å². The maximum atomic E-state index is 12.3. The average molecular weight is 379 g/mol. The van der Waals surface area contributed by atoms with E-state index in [1.54, 1.807) is 19.2 Å². The molecule has 2 heterocycles. The van der Waals surface area contributed by atoms with Crippen molar-refractivity contribution in [1.82, 2.24) is 10.3 Å². The molecule has 3 aromatic rings. The van der Waals surface area contributed by atoms with Gasteiger partial charge in [-0.15, -0.1) is 0 Å². The van der Waals surface area contributed by atoms with Crippen molar-refractivity contribution >= 4 is 28.4 Å². The van der Waals surface area contributed by atoms with E-state index < -0.39 is 6.10 Å². The predicted molar refractivity (Wildman–Crippen MR) is 106 cm³/mol. The van der Waals surface area contributed by atoms with E-state index in [0.29, 0.717) is 24.4 Å². The van der Waals surface area contributed by atoms with Crippen LogP contribution < -0.4 is 20.1 Å². The number of methoxy groups -OCH3 is 1. The van der Waals surface area contributed by atoms with Crippen molar-refractivity contribution in [3.8, 4) is 11.5 Å². The fourth-order valence-electron chi connectivity index (χ4n) is 3.30. The van der Waals surface area contributed by atoms with Crippen LogP contribution in [0.15, 0.2) is 48.7 Å². The van der Waals surface area contributed by atoms with Gasteiger partial charge in [-0.05, 0) is 42.3 Å². The molecule has 1 atom stereocenters. The summed E-state index contributed by atoms with van der Waals surface area (Å²) in [6.45, 7) is 0.466. The summed E-state index contributed by atoms with van der Waals surface area (Å²) in [5.41, 5.74) is 2.74. The number of nitrogens with one attached hydrogen (secondary N) is 3. The third kappa shape index (κ3) is 3.64. The van der Waals surface area contributed by atoms with Gasteiger partial charge in [0, 0.05) is 23.6 Å². The number of H-pyrrole nitrogens is 1. The standard InChI is InChI=1S/C21H21N3O4/c1-27-14-6-7-16-15(10-14)13(12-23-16)8-9-22-20(25)11-19-21(26)24-17-4-2-3-5-18(17)28-19/h2-7,10,12,19,23H,8-9,11H2,1H3,(H,22,25)(H,24,26)/t19-/m0/s1. The number of aromatic nitrogens is 1. The molecule has 0 saturated heterocycles. The summed E-state index contributed by atoms with van der Waals surface area (Å²) < 4.78 is 10.9. The zero-order chi connectivity index (χ0) is 19.5. The van der Waals surface area contributed by atoms with Crippen molar-refractivity contribution in [2.24, 2.45) is 0 Å². The van der Waals surface area contributed by atoms with Crippen LogP contribution in [-0.4, -0.2) is 36.6 Å². The third-order valence-corrected chi connectivity index (χ3v) is 4.77. The number of fused-ring (bicyclic) bond motifs is 2. The molecule has 0 fully saturated rings. The number of benzene rings is 2. The van der Waals surface area contributed by atoms with Gasteiger partial charge in [0.1, 0.15) is 11.5 Å². The number of carbonyl (C=O) groups excluding carboxylic acids is 2. The lowest BCUT2D eigenvalue weighted by Crippen LogP contribution is -2.41. The van der Waals surface area contributed by atoms with Gasteiger partial charge in [-0.3, -0.25) is 9.59 Å². The number of amides is 2. The summed E-state index contributed by atoms with van der Waals surface area (Å²) in [5, 5.41) is 6.70. The van der Waals surface area contributed by atoms with Crippen LogP contribution in [0, 0.1) is 0 Å². The summed E-state index contributed by atoms with van der Waals surface area (Å²) in [7, 11) is 1.63. The molecular formula is C21H21N3O4. The largest absolute Gasteiger partial charge is 0.497 e. The highest BCUT2D eigenvalue weighted by Gasteiger charge is 2.29. The van der Waals surface area contributed by atoms with Crippen LogP contribution >= 0.6 is 0 Å². The summed E-state index contributed by atoms with van der Waals surface area (Å²) in [6.07, 6.45) is 1.75. The fraction of sp³-hybridized carbons (Fsp3) is 0.238. The molecule has 1 aliphatic heterocycles. The van der Waals surface area contributed by atoms with Crippen LogP contribution in [0.5, 0.6) is 11.5 Å². The normalized spacial score (nSPS) is 15.5.